The van der Waals surface area contributed by atoms with E-state index in [-0.39, 0.29) is 11.7 Å². The Balaban J connectivity index is 2.72. The summed E-state index contributed by atoms with van der Waals surface area (Å²) in [7, 11) is 1.72. The first kappa shape index (κ1) is 9.92. The highest BCUT2D eigenvalue weighted by Crippen LogP contribution is 2.08. The lowest BCUT2D eigenvalue weighted by Gasteiger charge is -2.05. The van der Waals surface area contributed by atoms with Crippen LogP contribution in [0.4, 0.5) is 0 Å². The van der Waals surface area contributed by atoms with Crippen LogP contribution in [0.15, 0.2) is 23.1 Å². The molecule has 0 aliphatic heterocycles. The summed E-state index contributed by atoms with van der Waals surface area (Å²) in [5, 5.41) is 0. The molecule has 0 radical (unpaired) electrons. The summed E-state index contributed by atoms with van der Waals surface area (Å²) in [5.41, 5.74) is 7.17. The van der Waals surface area contributed by atoms with Crippen LogP contribution < -0.4 is 11.4 Å². The highest BCUT2D eigenvalue weighted by molar-refractivity contribution is 5.71. The minimum absolute atomic E-state index is 0.0477. The minimum atomic E-state index is -0.0685. The van der Waals surface area contributed by atoms with Crippen molar-refractivity contribution in [1.82, 2.24) is 14.1 Å². The molecule has 1 unspecified atom stereocenters. The summed E-state index contributed by atoms with van der Waals surface area (Å²) in [6, 6.07) is 3.65. The Kier molecular flexibility index (Phi) is 2.32. The van der Waals surface area contributed by atoms with Gasteiger partial charge in [0.2, 0.25) is 0 Å². The molecule has 2 heterocycles. The second-order valence-electron chi connectivity index (χ2n) is 3.78. The Morgan fingerprint density at radius 2 is 2.33 bits per heavy atom. The molecule has 2 N–H and O–H groups in total. The van der Waals surface area contributed by atoms with Crippen molar-refractivity contribution in [1.29, 1.82) is 0 Å². The van der Waals surface area contributed by atoms with E-state index in [1.165, 1.54) is 4.57 Å². The molecule has 0 saturated heterocycles. The van der Waals surface area contributed by atoms with Gasteiger partial charge in [-0.05, 0) is 19.1 Å². The van der Waals surface area contributed by atoms with Crippen LogP contribution in [0, 0.1) is 0 Å². The lowest BCUT2D eigenvalue weighted by atomic mass is 10.3. The molecule has 0 saturated carbocycles. The second kappa shape index (κ2) is 3.51. The molecule has 2 aromatic heterocycles. The van der Waals surface area contributed by atoms with Gasteiger partial charge in [-0.25, -0.2) is 9.78 Å². The maximum atomic E-state index is 11.9. The van der Waals surface area contributed by atoms with Gasteiger partial charge in [0.1, 0.15) is 0 Å². The molecule has 1 atom stereocenters. The summed E-state index contributed by atoms with van der Waals surface area (Å²) < 4.78 is 3.20. The number of hydrogen-bond donors (Lipinski definition) is 1. The maximum absolute atomic E-state index is 11.9. The molecule has 0 bridgehead atoms. The van der Waals surface area contributed by atoms with Gasteiger partial charge in [0.05, 0.1) is 5.52 Å². The van der Waals surface area contributed by atoms with Crippen molar-refractivity contribution in [3.63, 3.8) is 0 Å². The van der Waals surface area contributed by atoms with Crippen molar-refractivity contribution in [2.24, 2.45) is 12.8 Å². The van der Waals surface area contributed by atoms with Crippen LogP contribution in [0.3, 0.4) is 0 Å². The predicted molar refractivity (Wildman–Crippen MR) is 58.6 cm³/mol. The van der Waals surface area contributed by atoms with Crippen LogP contribution in [-0.2, 0) is 13.6 Å². The fraction of sp³-hybridized carbons (Fsp3) is 0.400. The Morgan fingerprint density at radius 1 is 1.60 bits per heavy atom. The van der Waals surface area contributed by atoms with Gasteiger partial charge < -0.3 is 5.73 Å². The van der Waals surface area contributed by atoms with E-state index in [4.69, 9.17) is 5.73 Å². The normalized spacial score (nSPS) is 13.3. The molecule has 0 aliphatic rings. The number of nitrogens with zero attached hydrogens (tertiary/aromatic N) is 3. The molecule has 0 aromatic carbocycles. The van der Waals surface area contributed by atoms with Crippen molar-refractivity contribution < 1.29 is 0 Å². The third-order valence-corrected chi connectivity index (χ3v) is 2.36. The summed E-state index contributed by atoms with van der Waals surface area (Å²) in [5.74, 6) is 0. The second-order valence-corrected chi connectivity index (χ2v) is 3.78. The molecular weight excluding hydrogens is 192 g/mol. The molecule has 80 valence electrons. The van der Waals surface area contributed by atoms with E-state index in [9.17, 15) is 4.79 Å². The smallest absolute Gasteiger partial charge is 0.326 e. The molecule has 15 heavy (non-hydrogen) atoms. The molecule has 2 rings (SSSR count). The zero-order valence-electron chi connectivity index (χ0n) is 8.84. The largest absolute Gasteiger partial charge is 0.330 e. The van der Waals surface area contributed by atoms with Crippen LogP contribution in [0.1, 0.15) is 6.92 Å². The van der Waals surface area contributed by atoms with E-state index >= 15 is 0 Å². The SMILES string of the molecule is CC(N)Cn1c(=O)n(C)c2ncccc21. The number of pyridine rings is 1. The number of aryl methyl sites for hydroxylation is 1. The molecule has 0 aliphatic carbocycles. The number of nitrogens with two attached hydrogens (primary N) is 1. The molecule has 0 amide bonds. The Hall–Kier alpha value is -1.62. The van der Waals surface area contributed by atoms with E-state index in [0.29, 0.717) is 12.2 Å². The molecule has 2 aromatic rings. The standard InChI is InChI=1S/C10H14N4O/c1-7(11)6-14-8-4-3-5-12-9(8)13(2)10(14)15/h3-5,7H,6,11H2,1-2H3. The van der Waals surface area contributed by atoms with Gasteiger partial charge in [-0.1, -0.05) is 0 Å². The molecule has 5 nitrogen and oxygen atoms in total. The zero-order chi connectivity index (χ0) is 11.0. The van der Waals surface area contributed by atoms with Gasteiger partial charge in [0.25, 0.3) is 0 Å². The van der Waals surface area contributed by atoms with Crippen molar-refractivity contribution >= 4 is 11.2 Å². The minimum Gasteiger partial charge on any atom is -0.326 e. The average Bonchev–Trinajstić information content (AvgIpc) is 2.44. The fourth-order valence-electron chi connectivity index (χ4n) is 1.70. The molecule has 0 fully saturated rings. The number of imidazole rings is 1. The molecule has 0 spiro atoms. The van der Waals surface area contributed by atoms with E-state index in [1.807, 2.05) is 19.1 Å². The van der Waals surface area contributed by atoms with Gasteiger partial charge in [0, 0.05) is 25.8 Å². The van der Waals surface area contributed by atoms with Crippen LogP contribution in [0.5, 0.6) is 0 Å². The van der Waals surface area contributed by atoms with E-state index in [2.05, 4.69) is 4.98 Å². The first-order chi connectivity index (χ1) is 7.11. The van der Waals surface area contributed by atoms with Crippen molar-refractivity contribution in [2.75, 3.05) is 0 Å². The number of fused-ring (bicyclic) bond motifs is 1. The first-order valence-corrected chi connectivity index (χ1v) is 4.87. The van der Waals surface area contributed by atoms with Crippen molar-refractivity contribution in [3.05, 3.63) is 28.8 Å². The van der Waals surface area contributed by atoms with Gasteiger partial charge >= 0.3 is 5.69 Å². The Labute approximate surface area is 87.1 Å². The van der Waals surface area contributed by atoms with Gasteiger partial charge in [-0.2, -0.15) is 0 Å². The summed E-state index contributed by atoms with van der Waals surface area (Å²) in [6.07, 6.45) is 1.68. The van der Waals surface area contributed by atoms with E-state index in [0.717, 1.165) is 5.52 Å². The van der Waals surface area contributed by atoms with Crippen LogP contribution in [-0.4, -0.2) is 20.2 Å². The van der Waals surface area contributed by atoms with Crippen molar-refractivity contribution in [2.45, 2.75) is 19.5 Å². The average molecular weight is 206 g/mol. The van der Waals surface area contributed by atoms with Gasteiger partial charge in [-0.15, -0.1) is 0 Å². The lowest BCUT2D eigenvalue weighted by Crippen LogP contribution is -2.30. The third-order valence-electron chi connectivity index (χ3n) is 2.36. The maximum Gasteiger partial charge on any atom is 0.330 e. The number of aromatic nitrogens is 3. The summed E-state index contributed by atoms with van der Waals surface area (Å²) in [4.78, 5) is 16.0. The predicted octanol–water partition coefficient (Wildman–Crippen LogP) is 0.0822. The van der Waals surface area contributed by atoms with Crippen LogP contribution >= 0.6 is 0 Å². The fourth-order valence-corrected chi connectivity index (χ4v) is 1.70. The third kappa shape index (κ3) is 1.55. The van der Waals surface area contributed by atoms with Gasteiger partial charge in [-0.3, -0.25) is 9.13 Å². The summed E-state index contributed by atoms with van der Waals surface area (Å²) in [6.45, 7) is 2.39. The topological polar surface area (TPSA) is 65.8 Å². The zero-order valence-corrected chi connectivity index (χ0v) is 8.84. The molecular formula is C10H14N4O. The number of rotatable bonds is 2. The van der Waals surface area contributed by atoms with Crippen LogP contribution in [0.25, 0.3) is 11.2 Å². The van der Waals surface area contributed by atoms with Crippen molar-refractivity contribution in [3.8, 4) is 0 Å². The molecule has 5 heteroatoms. The van der Waals surface area contributed by atoms with Gasteiger partial charge in [0.15, 0.2) is 5.65 Å². The Bertz CT molecular complexity index is 538. The number of hydrogen-bond acceptors (Lipinski definition) is 3. The Morgan fingerprint density at radius 3 is 3.00 bits per heavy atom. The van der Waals surface area contributed by atoms with E-state index in [1.54, 1.807) is 17.8 Å². The monoisotopic (exact) mass is 206 g/mol. The highest BCUT2D eigenvalue weighted by Gasteiger charge is 2.11. The lowest BCUT2D eigenvalue weighted by molar-refractivity contribution is 0.577. The first-order valence-electron chi connectivity index (χ1n) is 4.87. The quantitative estimate of drug-likeness (QED) is 0.756. The van der Waals surface area contributed by atoms with E-state index < -0.39 is 0 Å². The highest BCUT2D eigenvalue weighted by atomic mass is 16.1. The van der Waals surface area contributed by atoms with Crippen LogP contribution in [0.2, 0.25) is 0 Å². The summed E-state index contributed by atoms with van der Waals surface area (Å²) >= 11 is 0.